The molecule has 0 saturated carbocycles. The quantitative estimate of drug-likeness (QED) is 0.354. The fraction of sp³-hybridized carbons (Fsp3) is 0.522. The van der Waals surface area contributed by atoms with Gasteiger partial charge >= 0.3 is 0 Å². The van der Waals surface area contributed by atoms with Crippen LogP contribution < -0.4 is 5.43 Å². The number of unbranched alkanes of at least 4 members (excludes halogenated alkanes) is 8. The molecule has 136 valence electrons. The van der Waals surface area contributed by atoms with Crippen molar-refractivity contribution >= 4 is 10.9 Å². The van der Waals surface area contributed by atoms with Crippen molar-refractivity contribution in [2.24, 2.45) is 7.05 Å². The van der Waals surface area contributed by atoms with Crippen LogP contribution in [-0.4, -0.2) is 4.57 Å². The summed E-state index contributed by atoms with van der Waals surface area (Å²) in [6.45, 7) is 2.27. The second-order valence-electron chi connectivity index (χ2n) is 7.04. The van der Waals surface area contributed by atoms with E-state index in [4.69, 9.17) is 0 Å². The van der Waals surface area contributed by atoms with Crippen LogP contribution in [0, 0.1) is 0 Å². The number of para-hydroxylation sites is 1. The van der Waals surface area contributed by atoms with Gasteiger partial charge in [0.15, 0.2) is 5.43 Å². The molecule has 1 aromatic heterocycles. The van der Waals surface area contributed by atoms with Crippen molar-refractivity contribution in [3.05, 3.63) is 58.4 Å². The number of aryl methyl sites for hydroxylation is 1. The molecule has 0 saturated heterocycles. The van der Waals surface area contributed by atoms with E-state index in [-0.39, 0.29) is 5.43 Å². The van der Waals surface area contributed by atoms with Crippen molar-refractivity contribution in [2.45, 2.75) is 71.1 Å². The fourth-order valence-corrected chi connectivity index (χ4v) is 3.44. The molecule has 0 bridgehead atoms. The molecule has 0 radical (unpaired) electrons. The van der Waals surface area contributed by atoms with Crippen molar-refractivity contribution in [3.8, 4) is 0 Å². The van der Waals surface area contributed by atoms with Crippen molar-refractivity contribution in [1.29, 1.82) is 0 Å². The summed E-state index contributed by atoms with van der Waals surface area (Å²) >= 11 is 0. The normalized spacial score (nSPS) is 11.6. The Kier molecular flexibility index (Phi) is 8.51. The van der Waals surface area contributed by atoms with Crippen molar-refractivity contribution in [2.75, 3.05) is 0 Å². The lowest BCUT2D eigenvalue weighted by atomic mass is 10.0. The molecule has 0 aliphatic rings. The maximum atomic E-state index is 12.0. The summed E-state index contributed by atoms with van der Waals surface area (Å²) in [5, 5.41) is 0.818. The second kappa shape index (κ2) is 10.9. The van der Waals surface area contributed by atoms with Gasteiger partial charge in [-0.15, -0.1) is 0 Å². The lowest BCUT2D eigenvalue weighted by Gasteiger charge is -2.09. The molecule has 0 unspecified atom stereocenters. The average Bonchev–Trinajstić information content (AvgIpc) is 2.63. The molecule has 0 N–H and O–H groups in total. The van der Waals surface area contributed by atoms with E-state index in [0.717, 1.165) is 17.3 Å². The van der Waals surface area contributed by atoms with Gasteiger partial charge in [-0.05, 0) is 30.9 Å². The van der Waals surface area contributed by atoms with Crippen molar-refractivity contribution < 1.29 is 0 Å². The number of nitrogens with zero attached hydrogens (tertiary/aromatic N) is 1. The summed E-state index contributed by atoms with van der Waals surface area (Å²) in [4.78, 5) is 12.0. The van der Waals surface area contributed by atoms with Crippen molar-refractivity contribution in [3.63, 3.8) is 0 Å². The Bertz CT molecular complexity index is 726. The van der Waals surface area contributed by atoms with Crippen LogP contribution in [0.15, 0.2) is 47.4 Å². The van der Waals surface area contributed by atoms with Crippen LogP contribution in [-0.2, 0) is 13.5 Å². The summed E-state index contributed by atoms with van der Waals surface area (Å²) in [5.41, 5.74) is 2.40. The van der Waals surface area contributed by atoms with Gasteiger partial charge in [-0.1, -0.05) is 76.2 Å². The molecule has 2 rings (SSSR count). The minimum Gasteiger partial charge on any atom is -0.350 e. The van der Waals surface area contributed by atoms with Gasteiger partial charge in [-0.2, -0.15) is 0 Å². The van der Waals surface area contributed by atoms with Crippen LogP contribution in [0.2, 0.25) is 0 Å². The van der Waals surface area contributed by atoms with Crippen LogP contribution in [0.4, 0.5) is 0 Å². The molecule has 0 aliphatic carbocycles. The highest BCUT2D eigenvalue weighted by molar-refractivity contribution is 5.82. The zero-order chi connectivity index (χ0) is 17.9. The molecule has 0 amide bonds. The van der Waals surface area contributed by atoms with Gasteiger partial charge in [0.05, 0.1) is 5.52 Å². The van der Waals surface area contributed by atoms with Crippen LogP contribution in [0.1, 0.15) is 70.3 Å². The molecular formula is C23H33NO. The van der Waals surface area contributed by atoms with E-state index < -0.39 is 0 Å². The first-order valence-electron chi connectivity index (χ1n) is 9.96. The molecule has 1 aromatic carbocycles. The summed E-state index contributed by atoms with van der Waals surface area (Å²) in [5.74, 6) is 0. The van der Waals surface area contributed by atoms with E-state index in [2.05, 4.69) is 29.7 Å². The Balaban J connectivity index is 1.75. The summed E-state index contributed by atoms with van der Waals surface area (Å²) < 4.78 is 2.05. The standard InChI is InChI=1S/C23H33NO/c1-3-4-5-6-7-8-9-10-11-12-13-15-20-16-14-17-21-22(25)18-19-24(2)23(20)21/h12-14,16-19H,3-11,15H2,1-2H3. The smallest absolute Gasteiger partial charge is 0.189 e. The maximum Gasteiger partial charge on any atom is 0.189 e. The Hall–Kier alpha value is -1.83. The number of hydrogen-bond acceptors (Lipinski definition) is 1. The maximum absolute atomic E-state index is 12.0. The van der Waals surface area contributed by atoms with Crippen LogP contribution in [0.5, 0.6) is 0 Å². The van der Waals surface area contributed by atoms with Gasteiger partial charge < -0.3 is 4.57 Å². The van der Waals surface area contributed by atoms with Gasteiger partial charge in [0.2, 0.25) is 0 Å². The summed E-state index contributed by atoms with van der Waals surface area (Å²) in [6.07, 6.45) is 19.4. The van der Waals surface area contributed by atoms with Gasteiger partial charge in [0.25, 0.3) is 0 Å². The molecule has 2 aromatic rings. The van der Waals surface area contributed by atoms with E-state index in [9.17, 15) is 4.79 Å². The van der Waals surface area contributed by atoms with Crippen LogP contribution in [0.3, 0.4) is 0 Å². The van der Waals surface area contributed by atoms with Gasteiger partial charge in [0.1, 0.15) is 0 Å². The van der Waals surface area contributed by atoms with Gasteiger partial charge in [0, 0.05) is 24.7 Å². The third kappa shape index (κ3) is 6.19. The summed E-state index contributed by atoms with van der Waals surface area (Å²) in [7, 11) is 2.01. The number of rotatable bonds is 11. The van der Waals surface area contributed by atoms with E-state index in [0.29, 0.717) is 0 Å². The predicted octanol–water partition coefficient (Wildman–Crippen LogP) is 6.17. The largest absolute Gasteiger partial charge is 0.350 e. The molecule has 1 heterocycles. The Morgan fingerprint density at radius 1 is 0.920 bits per heavy atom. The van der Waals surface area contributed by atoms with E-state index >= 15 is 0 Å². The number of fused-ring (bicyclic) bond motifs is 1. The Morgan fingerprint density at radius 3 is 2.40 bits per heavy atom. The molecule has 0 atom stereocenters. The minimum atomic E-state index is 0.109. The number of benzene rings is 1. The molecule has 2 heteroatoms. The first kappa shape index (κ1) is 19.5. The Labute approximate surface area is 152 Å². The third-order valence-electron chi connectivity index (χ3n) is 4.92. The monoisotopic (exact) mass is 339 g/mol. The molecule has 0 fully saturated rings. The number of aromatic nitrogens is 1. The number of hydrogen-bond donors (Lipinski definition) is 0. The number of pyridine rings is 1. The van der Waals surface area contributed by atoms with E-state index in [1.807, 2.05) is 25.4 Å². The zero-order valence-electron chi connectivity index (χ0n) is 16.0. The molecule has 2 nitrogen and oxygen atoms in total. The lowest BCUT2D eigenvalue weighted by Crippen LogP contribution is -2.06. The highest BCUT2D eigenvalue weighted by Crippen LogP contribution is 2.16. The summed E-state index contributed by atoms with van der Waals surface area (Å²) in [6, 6.07) is 7.68. The third-order valence-corrected chi connectivity index (χ3v) is 4.92. The first-order valence-corrected chi connectivity index (χ1v) is 9.96. The topological polar surface area (TPSA) is 22.0 Å². The average molecular weight is 340 g/mol. The zero-order valence-corrected chi connectivity index (χ0v) is 16.0. The highest BCUT2D eigenvalue weighted by atomic mass is 16.1. The molecule has 25 heavy (non-hydrogen) atoms. The highest BCUT2D eigenvalue weighted by Gasteiger charge is 2.04. The molecule has 0 aliphatic heterocycles. The van der Waals surface area contributed by atoms with Gasteiger partial charge in [-0.3, -0.25) is 4.79 Å². The van der Waals surface area contributed by atoms with E-state index in [1.54, 1.807) is 6.07 Å². The van der Waals surface area contributed by atoms with Crippen LogP contribution >= 0.6 is 0 Å². The minimum absolute atomic E-state index is 0.109. The van der Waals surface area contributed by atoms with Crippen molar-refractivity contribution in [1.82, 2.24) is 4.57 Å². The fourth-order valence-electron chi connectivity index (χ4n) is 3.44. The molecule has 0 spiro atoms. The first-order chi connectivity index (χ1) is 12.2. The SMILES string of the molecule is CCCCCCCCCCC=CCc1cccc2c(=O)ccn(C)c12. The number of allylic oxidation sites excluding steroid dienone is 2. The Morgan fingerprint density at radius 2 is 1.64 bits per heavy atom. The van der Waals surface area contributed by atoms with Gasteiger partial charge in [-0.25, -0.2) is 0 Å². The second-order valence-corrected chi connectivity index (χ2v) is 7.04. The molecular weight excluding hydrogens is 306 g/mol. The van der Waals surface area contributed by atoms with E-state index in [1.165, 1.54) is 63.4 Å². The predicted molar refractivity (Wildman–Crippen MR) is 109 cm³/mol. The lowest BCUT2D eigenvalue weighted by molar-refractivity contribution is 0.577. The van der Waals surface area contributed by atoms with Crippen LogP contribution in [0.25, 0.3) is 10.9 Å².